The van der Waals surface area contributed by atoms with Gasteiger partial charge in [-0.3, -0.25) is 4.98 Å². The number of hydrogen-bond acceptors (Lipinski definition) is 5. The molecule has 2 aromatic carbocycles. The van der Waals surface area contributed by atoms with Crippen LogP contribution in [0.5, 0.6) is 0 Å². The Morgan fingerprint density at radius 1 is 0.885 bits per heavy atom. The molecule has 1 N–H and O–H groups in total. The normalized spacial score (nSPS) is 11.5. The molecule has 5 heteroatoms. The molecule has 0 fully saturated rings. The van der Waals surface area contributed by atoms with Gasteiger partial charge in [0.2, 0.25) is 5.95 Å². The minimum atomic E-state index is 0.464. The molecule has 0 spiro atoms. The third-order valence-electron chi connectivity index (χ3n) is 4.05. The fourth-order valence-corrected chi connectivity index (χ4v) is 2.72. The fourth-order valence-electron chi connectivity index (χ4n) is 2.72. The number of rotatable bonds is 4. The van der Waals surface area contributed by atoms with E-state index in [1.807, 2.05) is 73.7 Å². The van der Waals surface area contributed by atoms with E-state index in [1.165, 1.54) is 0 Å². The summed E-state index contributed by atoms with van der Waals surface area (Å²) in [6, 6.07) is 21.9. The quantitative estimate of drug-likeness (QED) is 0.438. The number of benzene rings is 2. The molecule has 5 nitrogen and oxygen atoms in total. The number of pyridine rings is 1. The maximum atomic E-state index is 4.69. The second kappa shape index (κ2) is 7.11. The smallest absolute Gasteiger partial charge is 0.244 e. The zero-order valence-electron chi connectivity index (χ0n) is 14.3. The van der Waals surface area contributed by atoms with E-state index in [9.17, 15) is 0 Å². The number of nitrogens with zero attached hydrogens (tertiary/aromatic N) is 4. The Labute approximate surface area is 151 Å². The molecule has 4 aromatic rings. The Morgan fingerprint density at radius 3 is 2.50 bits per heavy atom. The van der Waals surface area contributed by atoms with Gasteiger partial charge in [0, 0.05) is 28.9 Å². The van der Waals surface area contributed by atoms with Crippen molar-refractivity contribution in [3.8, 4) is 11.3 Å². The highest BCUT2D eigenvalue weighted by molar-refractivity contribution is 5.99. The van der Waals surface area contributed by atoms with Gasteiger partial charge in [-0.15, -0.1) is 0 Å². The molecule has 0 radical (unpaired) electrons. The van der Waals surface area contributed by atoms with E-state index in [0.717, 1.165) is 33.4 Å². The standard InChI is InChI=1S/C21H17N5/c1-15(17-10-7-13-22-14-17)25-26-21-23-19-12-6-5-11-18(19)20(24-21)16-8-3-2-4-9-16/h2-14H,1H3,(H,23,24,26)/b25-15+. The SMILES string of the molecule is C/C(=N\Nc1nc(-c2ccccc2)c2ccccc2n1)c1cccnc1. The van der Waals surface area contributed by atoms with Crippen molar-refractivity contribution in [2.45, 2.75) is 6.92 Å². The highest BCUT2D eigenvalue weighted by Crippen LogP contribution is 2.26. The maximum Gasteiger partial charge on any atom is 0.244 e. The molecule has 2 heterocycles. The maximum absolute atomic E-state index is 4.69. The summed E-state index contributed by atoms with van der Waals surface area (Å²) >= 11 is 0. The molecule has 26 heavy (non-hydrogen) atoms. The summed E-state index contributed by atoms with van der Waals surface area (Å²) < 4.78 is 0. The van der Waals surface area contributed by atoms with Crippen LogP contribution in [0.1, 0.15) is 12.5 Å². The van der Waals surface area contributed by atoms with E-state index < -0.39 is 0 Å². The van der Waals surface area contributed by atoms with Crippen LogP contribution in [0.15, 0.2) is 84.2 Å². The van der Waals surface area contributed by atoms with Crippen molar-refractivity contribution in [2.75, 3.05) is 5.43 Å². The average molecular weight is 339 g/mol. The van der Waals surface area contributed by atoms with E-state index in [4.69, 9.17) is 4.98 Å². The molecule has 0 saturated carbocycles. The van der Waals surface area contributed by atoms with Crippen LogP contribution in [0.3, 0.4) is 0 Å². The Bertz CT molecular complexity index is 1060. The minimum absolute atomic E-state index is 0.464. The van der Waals surface area contributed by atoms with Crippen molar-refractivity contribution in [1.82, 2.24) is 15.0 Å². The van der Waals surface area contributed by atoms with E-state index in [0.29, 0.717) is 5.95 Å². The number of aromatic nitrogens is 3. The molecule has 0 unspecified atom stereocenters. The first-order valence-corrected chi connectivity index (χ1v) is 8.34. The van der Waals surface area contributed by atoms with Crippen LogP contribution < -0.4 is 5.43 Å². The number of nitrogens with one attached hydrogen (secondary N) is 1. The van der Waals surface area contributed by atoms with Gasteiger partial charge >= 0.3 is 0 Å². The summed E-state index contributed by atoms with van der Waals surface area (Å²) in [6.07, 6.45) is 3.51. The summed E-state index contributed by atoms with van der Waals surface area (Å²) in [5.41, 5.74) is 7.55. The Morgan fingerprint density at radius 2 is 1.69 bits per heavy atom. The predicted molar refractivity (Wildman–Crippen MR) is 105 cm³/mol. The Hall–Kier alpha value is -3.60. The molecule has 2 aromatic heterocycles. The molecule has 0 atom stereocenters. The summed E-state index contributed by atoms with van der Waals surface area (Å²) in [6.45, 7) is 1.92. The molecule has 0 saturated heterocycles. The minimum Gasteiger partial charge on any atom is -0.264 e. The number of hydrogen-bond donors (Lipinski definition) is 1. The number of fused-ring (bicyclic) bond motifs is 1. The van der Waals surface area contributed by atoms with Crippen LogP contribution >= 0.6 is 0 Å². The molecule has 4 rings (SSSR count). The van der Waals surface area contributed by atoms with Gasteiger partial charge in [0.05, 0.1) is 16.9 Å². The van der Waals surface area contributed by atoms with Crippen molar-refractivity contribution >= 4 is 22.6 Å². The predicted octanol–water partition coefficient (Wildman–Crippen LogP) is 4.53. The van der Waals surface area contributed by atoms with Gasteiger partial charge in [0.25, 0.3) is 0 Å². The molecule has 0 aliphatic carbocycles. The Kier molecular flexibility index (Phi) is 4.35. The third kappa shape index (κ3) is 3.28. The summed E-state index contributed by atoms with van der Waals surface area (Å²) in [7, 11) is 0. The van der Waals surface area contributed by atoms with Crippen LogP contribution in [0.2, 0.25) is 0 Å². The average Bonchev–Trinajstić information content (AvgIpc) is 2.72. The summed E-state index contributed by atoms with van der Waals surface area (Å²) in [5, 5.41) is 5.42. The largest absolute Gasteiger partial charge is 0.264 e. The van der Waals surface area contributed by atoms with Crippen molar-refractivity contribution < 1.29 is 0 Å². The van der Waals surface area contributed by atoms with Crippen LogP contribution in [-0.4, -0.2) is 20.7 Å². The van der Waals surface area contributed by atoms with Crippen molar-refractivity contribution in [2.24, 2.45) is 5.10 Å². The first-order valence-electron chi connectivity index (χ1n) is 8.34. The second-order valence-corrected chi connectivity index (χ2v) is 5.83. The topological polar surface area (TPSA) is 63.1 Å². The van der Waals surface area contributed by atoms with Gasteiger partial charge in [-0.05, 0) is 19.1 Å². The zero-order chi connectivity index (χ0) is 17.8. The summed E-state index contributed by atoms with van der Waals surface area (Å²) in [5.74, 6) is 0.464. The van der Waals surface area contributed by atoms with Gasteiger partial charge in [0.15, 0.2) is 0 Å². The van der Waals surface area contributed by atoms with Crippen molar-refractivity contribution in [3.05, 3.63) is 84.7 Å². The molecular weight excluding hydrogens is 322 g/mol. The van der Waals surface area contributed by atoms with Crippen LogP contribution in [0.4, 0.5) is 5.95 Å². The van der Waals surface area contributed by atoms with E-state index in [2.05, 4.69) is 20.5 Å². The van der Waals surface area contributed by atoms with Crippen molar-refractivity contribution in [3.63, 3.8) is 0 Å². The van der Waals surface area contributed by atoms with Crippen LogP contribution in [0.25, 0.3) is 22.2 Å². The molecule has 0 bridgehead atoms. The highest BCUT2D eigenvalue weighted by Gasteiger charge is 2.09. The summed E-state index contributed by atoms with van der Waals surface area (Å²) in [4.78, 5) is 13.4. The van der Waals surface area contributed by atoms with Gasteiger partial charge in [-0.25, -0.2) is 15.4 Å². The highest BCUT2D eigenvalue weighted by atomic mass is 15.4. The fraction of sp³-hybridized carbons (Fsp3) is 0.0476. The van der Waals surface area contributed by atoms with E-state index in [1.54, 1.807) is 12.4 Å². The van der Waals surface area contributed by atoms with Gasteiger partial charge in [-0.1, -0.05) is 54.6 Å². The number of para-hydroxylation sites is 1. The van der Waals surface area contributed by atoms with Gasteiger partial charge in [-0.2, -0.15) is 5.10 Å². The number of hydrazone groups is 1. The Balaban J connectivity index is 1.75. The van der Waals surface area contributed by atoms with Crippen molar-refractivity contribution in [1.29, 1.82) is 0 Å². The number of anilines is 1. The molecule has 0 amide bonds. The molecular formula is C21H17N5. The molecule has 0 aliphatic heterocycles. The monoisotopic (exact) mass is 339 g/mol. The lowest BCUT2D eigenvalue weighted by molar-refractivity contribution is 1.15. The first kappa shape index (κ1) is 15.9. The van der Waals surface area contributed by atoms with E-state index >= 15 is 0 Å². The zero-order valence-corrected chi connectivity index (χ0v) is 14.3. The lowest BCUT2D eigenvalue weighted by Crippen LogP contribution is -2.03. The van der Waals surface area contributed by atoms with E-state index in [-0.39, 0.29) is 0 Å². The first-order chi connectivity index (χ1) is 12.8. The lowest BCUT2D eigenvalue weighted by atomic mass is 10.1. The molecule has 126 valence electrons. The third-order valence-corrected chi connectivity index (χ3v) is 4.05. The van der Waals surface area contributed by atoms with Gasteiger partial charge in [0.1, 0.15) is 0 Å². The van der Waals surface area contributed by atoms with Crippen LogP contribution in [0, 0.1) is 0 Å². The molecule has 0 aliphatic rings. The second-order valence-electron chi connectivity index (χ2n) is 5.83. The van der Waals surface area contributed by atoms with Crippen LogP contribution in [-0.2, 0) is 0 Å². The lowest BCUT2D eigenvalue weighted by Gasteiger charge is -2.09. The van der Waals surface area contributed by atoms with Gasteiger partial charge < -0.3 is 0 Å².